The molecule has 0 unspecified atom stereocenters. The molecule has 1 aromatic heterocycles. The van der Waals surface area contributed by atoms with Crippen LogP contribution in [0.4, 0.5) is 0 Å². The zero-order valence-corrected chi connectivity index (χ0v) is 29.2. The van der Waals surface area contributed by atoms with Crippen molar-refractivity contribution in [1.82, 2.24) is 9.78 Å². The molecule has 1 aliphatic heterocycles. The number of aromatic nitrogens is 2. The molecule has 3 aromatic rings. The van der Waals surface area contributed by atoms with E-state index < -0.39 is 18.3 Å². The minimum absolute atomic E-state index is 0.129. The number of benzene rings is 2. The van der Waals surface area contributed by atoms with Crippen molar-refractivity contribution in [2.24, 2.45) is 0 Å². The predicted octanol–water partition coefficient (Wildman–Crippen LogP) is 3.48. The van der Waals surface area contributed by atoms with E-state index in [-0.39, 0.29) is 6.63 Å². The number of esters is 1. The molecule has 1 fully saturated rings. The van der Waals surface area contributed by atoms with Crippen molar-refractivity contribution in [3.8, 4) is 0 Å². The Kier molecular flexibility index (Phi) is 8.13. The molecule has 180 valence electrons. The number of nitrogens with zero attached hydrogens (tertiary/aromatic N) is 2. The van der Waals surface area contributed by atoms with Crippen molar-refractivity contribution in [1.29, 1.82) is 0 Å². The Hall–Kier alpha value is -0.501. The van der Waals surface area contributed by atoms with Crippen LogP contribution in [0.1, 0.15) is 52.2 Å². The third-order valence-electron chi connectivity index (χ3n) is 6.85. The summed E-state index contributed by atoms with van der Waals surface area (Å²) in [6.45, 7) is 9.96. The van der Waals surface area contributed by atoms with E-state index >= 15 is 0 Å². The Morgan fingerprint density at radius 1 is 1.17 bits per heavy atom. The molecule has 6 nitrogen and oxygen atoms in total. The fraction of sp³-hybridized carbons (Fsp3) is 0.440. The number of rotatable bonds is 7. The molecule has 35 heavy (non-hydrogen) atoms. The van der Waals surface area contributed by atoms with Crippen molar-refractivity contribution in [3.63, 3.8) is 0 Å². The Balaban J connectivity index is 1.85. The van der Waals surface area contributed by atoms with Gasteiger partial charge in [-0.2, -0.15) is 0 Å². The van der Waals surface area contributed by atoms with Crippen molar-refractivity contribution in [2.45, 2.75) is 59.3 Å². The van der Waals surface area contributed by atoms with Crippen LogP contribution >= 0.6 is 11.6 Å². The Morgan fingerprint density at radius 3 is 2.40 bits per heavy atom. The monoisotopic (exact) mass is 882 g/mol. The van der Waals surface area contributed by atoms with E-state index in [4.69, 9.17) is 30.7 Å². The fourth-order valence-corrected chi connectivity index (χ4v) is 7.20. The van der Waals surface area contributed by atoms with Gasteiger partial charge in [0, 0.05) is 0 Å². The van der Waals surface area contributed by atoms with E-state index in [9.17, 15) is 4.79 Å². The molecule has 0 spiro atoms. The molecule has 0 amide bonds. The summed E-state index contributed by atoms with van der Waals surface area (Å²) in [5.41, 5.74) is 3.16. The van der Waals surface area contributed by atoms with Gasteiger partial charge in [0.25, 0.3) is 0 Å². The quantitative estimate of drug-likeness (QED) is 0.207. The van der Waals surface area contributed by atoms with Gasteiger partial charge < -0.3 is 0 Å². The Morgan fingerprint density at radius 2 is 1.80 bits per heavy atom. The van der Waals surface area contributed by atoms with Gasteiger partial charge in [0.15, 0.2) is 0 Å². The summed E-state index contributed by atoms with van der Waals surface area (Å²) in [5, 5.41) is 6.54. The van der Waals surface area contributed by atoms with E-state index in [0.29, 0.717) is 24.5 Å². The van der Waals surface area contributed by atoms with E-state index in [1.807, 2.05) is 46.0 Å². The summed E-state index contributed by atoms with van der Waals surface area (Å²) >= 11 is 8.77. The maximum atomic E-state index is 11.2. The molecule has 4 rings (SSSR count). The van der Waals surface area contributed by atoms with Gasteiger partial charge in [-0.25, -0.2) is 0 Å². The van der Waals surface area contributed by atoms with E-state index in [1.54, 1.807) is 0 Å². The standard InChI is InChI=1S/C25H28BClN2O4.2Pb/c1-17(30)31-13-9-12-19-21(27)14-22-20(15-28-29(22)16-18-10-7-6-8-11-18)23(19)26-32-24(2,3)25(4,5)33-26;;/h6-8,10-11,14-15H,9,12-13H2,1-5H3;;. The number of carbonyl (C=O) groups excluding carboxylic acids is 1. The second-order valence-electron chi connectivity index (χ2n) is 9.85. The zero-order valence-electron chi connectivity index (χ0n) is 20.6. The second kappa shape index (κ2) is 10.3. The number of ether oxygens (including phenoxy) is 1. The van der Waals surface area contributed by atoms with Crippen LogP contribution in [0, 0.1) is 0 Å². The molecule has 0 atom stereocenters. The van der Waals surface area contributed by atoms with Crippen LogP contribution in [0.2, 0.25) is 5.02 Å². The van der Waals surface area contributed by atoms with Crippen molar-refractivity contribution in [2.75, 3.05) is 6.61 Å². The average molecular weight is 881 g/mol. The van der Waals surface area contributed by atoms with Crippen molar-refractivity contribution >= 4 is 92.6 Å². The van der Waals surface area contributed by atoms with Crippen molar-refractivity contribution < 1.29 is 18.8 Å². The third kappa shape index (κ3) is 5.39. The summed E-state index contributed by atoms with van der Waals surface area (Å²) in [4.78, 5) is 11.2. The first-order chi connectivity index (χ1) is 16.3. The van der Waals surface area contributed by atoms with Gasteiger partial charge in [0.2, 0.25) is 0 Å². The summed E-state index contributed by atoms with van der Waals surface area (Å²) in [6, 6.07) is 12.6. The molecule has 1 saturated heterocycles. The maximum absolute atomic E-state index is 11.2. The van der Waals surface area contributed by atoms with Crippen LogP contribution in [0.3, 0.4) is 0 Å². The Labute approximate surface area is 243 Å². The molecule has 0 bridgehead atoms. The molecule has 6 radical (unpaired) electrons. The van der Waals surface area contributed by atoms with Gasteiger partial charge in [0.05, 0.1) is 0 Å². The van der Waals surface area contributed by atoms with Gasteiger partial charge in [-0.3, -0.25) is 0 Å². The van der Waals surface area contributed by atoms with Gasteiger partial charge in [-0.05, 0) is 0 Å². The first-order valence-electron chi connectivity index (χ1n) is 11.6. The number of halogens is 1. The summed E-state index contributed by atoms with van der Waals surface area (Å²) in [7, 11) is -0.572. The third-order valence-corrected chi connectivity index (χ3v) is 11.1. The van der Waals surface area contributed by atoms with Crippen LogP contribution in [0.15, 0.2) is 42.6 Å². The van der Waals surface area contributed by atoms with Crippen LogP contribution in [0.25, 0.3) is 10.9 Å². The molecule has 0 saturated carbocycles. The molecule has 0 N–H and O–H groups in total. The average Bonchev–Trinajstić information content (AvgIpc) is 3.28. The molecule has 1 aliphatic rings. The first-order valence-corrected chi connectivity index (χ1v) is 15.9. The second-order valence-corrected chi connectivity index (χ2v) is 23.4. The van der Waals surface area contributed by atoms with Crippen LogP contribution in [-0.4, -0.2) is 92.2 Å². The summed E-state index contributed by atoms with van der Waals surface area (Å²) in [5.74, 6) is -0.282. The van der Waals surface area contributed by atoms with Crippen LogP contribution in [-0.2, 0) is 25.9 Å². The summed E-state index contributed by atoms with van der Waals surface area (Å²) in [6.07, 6.45) is 3.22. The van der Waals surface area contributed by atoms with Crippen LogP contribution in [0.5, 0.6) is 0 Å². The molecular weight excluding hydrogens is 853 g/mol. The topological polar surface area (TPSA) is 62.6 Å². The molecule has 2 heterocycles. The van der Waals surface area contributed by atoms with Gasteiger partial charge >= 0.3 is 246 Å². The number of hydrogen-bond donors (Lipinski definition) is 0. The Bertz CT molecular complexity index is 1230. The predicted molar refractivity (Wildman–Crippen MR) is 140 cm³/mol. The van der Waals surface area contributed by atoms with Gasteiger partial charge in [0.1, 0.15) is 0 Å². The fourth-order valence-electron chi connectivity index (χ4n) is 4.22. The van der Waals surface area contributed by atoms with Crippen LogP contribution < -0.4 is 5.46 Å². The molecule has 0 aliphatic carbocycles. The normalized spacial score (nSPS) is 17.2. The zero-order chi connectivity index (χ0) is 25.6. The minimum atomic E-state index is -0.572. The molecule has 10 heteroatoms. The van der Waals surface area contributed by atoms with Gasteiger partial charge in [-0.1, -0.05) is 0 Å². The van der Waals surface area contributed by atoms with E-state index in [2.05, 4.69) is 28.9 Å². The molecule has 2 aromatic carbocycles. The number of fused-ring (bicyclic) bond motifs is 1. The molecular formula is C25H28BClN2O4Pb2. The summed E-state index contributed by atoms with van der Waals surface area (Å²) < 4.78 is 20.2. The van der Waals surface area contributed by atoms with Crippen molar-refractivity contribution in [3.05, 3.63) is 58.7 Å². The van der Waals surface area contributed by atoms with E-state index in [1.165, 1.54) is 12.5 Å². The first kappa shape index (κ1) is 27.5. The van der Waals surface area contributed by atoms with Gasteiger partial charge in [-0.15, -0.1) is 0 Å². The number of carbonyl (C=O) groups is 1. The number of hydrogen-bond acceptors (Lipinski definition) is 5. The SMILES string of the molecule is CC(=O)OCCCc1c(Cl)cc2c(cnn2[C]([Pb])([Pb])c2ccccc2)c1B1OC(C)(C)C(C)(C)O1. The van der Waals surface area contributed by atoms with E-state index in [0.717, 1.165) is 73.5 Å².